The summed E-state index contributed by atoms with van der Waals surface area (Å²) >= 11 is 0. The van der Waals surface area contributed by atoms with E-state index in [1.807, 2.05) is 0 Å². The van der Waals surface area contributed by atoms with Gasteiger partial charge < -0.3 is 0 Å². The first-order valence-electron chi connectivity index (χ1n) is 5.37. The van der Waals surface area contributed by atoms with Gasteiger partial charge in [-0.1, -0.05) is 28.4 Å². The minimum Gasteiger partial charge on any atom is -0.285 e. The van der Waals surface area contributed by atoms with Gasteiger partial charge in [0, 0.05) is 26.6 Å². The summed E-state index contributed by atoms with van der Waals surface area (Å²) in [6, 6.07) is 3.68. The van der Waals surface area contributed by atoms with Gasteiger partial charge in [-0.05, 0) is 11.1 Å². The lowest BCUT2D eigenvalue weighted by molar-refractivity contribution is -0.111. The molecule has 0 spiro atoms. The molecule has 1 aliphatic rings. The van der Waals surface area contributed by atoms with Crippen LogP contribution in [0.2, 0.25) is 0 Å². The minimum atomic E-state index is -5.14. The van der Waals surface area contributed by atoms with Gasteiger partial charge in [0.05, 0.1) is 5.70 Å². The molecule has 1 N–H and O–H groups in total. The largest absolute Gasteiger partial charge is 0.299 e. The van der Waals surface area contributed by atoms with Crippen LogP contribution in [0, 0.1) is 0 Å². The van der Waals surface area contributed by atoms with E-state index in [2.05, 4.69) is 20.1 Å². The van der Waals surface area contributed by atoms with Crippen LogP contribution < -0.4 is 0 Å². The maximum Gasteiger partial charge on any atom is 0.299 e. The van der Waals surface area contributed by atoms with Gasteiger partial charge in [-0.2, -0.15) is 8.42 Å². The fourth-order valence-corrected chi connectivity index (χ4v) is 2.65. The molecule has 0 saturated heterocycles. The number of hydrogen-bond donors (Lipinski definition) is 1. The van der Waals surface area contributed by atoms with Crippen LogP contribution >= 0.6 is 0 Å². The minimum absolute atomic E-state index is 0.232. The van der Waals surface area contributed by atoms with E-state index < -0.39 is 32.3 Å². The Bertz CT molecular complexity index is 950. The molecular formula is C10H4N6O5S. The second-order valence-corrected chi connectivity index (χ2v) is 5.25. The fourth-order valence-electron chi connectivity index (χ4n) is 1.94. The summed E-state index contributed by atoms with van der Waals surface area (Å²) in [5, 5.41) is 6.32. The average Bonchev–Trinajstić information content (AvgIpc) is 2.43. The topological polar surface area (TPSA) is 186 Å². The molecule has 0 heterocycles. The first-order valence-corrected chi connectivity index (χ1v) is 6.81. The smallest absolute Gasteiger partial charge is 0.285 e. The third-order valence-electron chi connectivity index (χ3n) is 2.71. The quantitative estimate of drug-likeness (QED) is 0.293. The Kier molecular flexibility index (Phi) is 3.68. The Hall–Kier alpha value is -3.17. The van der Waals surface area contributed by atoms with Crippen LogP contribution in [0.15, 0.2) is 33.3 Å². The summed E-state index contributed by atoms with van der Waals surface area (Å²) in [5.74, 6) is -2.79. The number of Topliss-reactive ketones (excluding diaryl/α,β-unsaturated/α-hetero) is 2. The monoisotopic (exact) mass is 320 g/mol. The van der Waals surface area contributed by atoms with Crippen molar-refractivity contribution in [3.63, 3.8) is 0 Å². The van der Waals surface area contributed by atoms with Gasteiger partial charge in [0.1, 0.15) is 0 Å². The molecule has 0 atom stereocenters. The van der Waals surface area contributed by atoms with Crippen molar-refractivity contribution in [3.05, 3.63) is 55.1 Å². The lowest BCUT2D eigenvalue weighted by atomic mass is 9.91. The number of carbonyl (C=O) groups excluding carboxylic acids is 2. The van der Waals surface area contributed by atoms with E-state index in [9.17, 15) is 18.0 Å². The van der Waals surface area contributed by atoms with E-state index >= 15 is 0 Å². The fraction of sp³-hybridized carbons (Fsp3) is 0. The van der Waals surface area contributed by atoms with E-state index in [1.54, 1.807) is 0 Å². The maximum absolute atomic E-state index is 12.0. The highest BCUT2D eigenvalue weighted by molar-refractivity contribution is 7.91. The highest BCUT2D eigenvalue weighted by Crippen LogP contribution is 2.38. The Morgan fingerprint density at radius 3 is 2.23 bits per heavy atom. The summed E-state index contributed by atoms with van der Waals surface area (Å²) in [4.78, 5) is 27.3. The van der Waals surface area contributed by atoms with Gasteiger partial charge in [-0.3, -0.25) is 14.1 Å². The molecule has 0 radical (unpaired) electrons. The summed E-state index contributed by atoms with van der Waals surface area (Å²) in [7, 11) is -5.14. The van der Waals surface area contributed by atoms with Crippen molar-refractivity contribution < 1.29 is 22.6 Å². The molecule has 0 fully saturated rings. The van der Waals surface area contributed by atoms with E-state index in [1.165, 1.54) is 18.2 Å². The van der Waals surface area contributed by atoms with Crippen molar-refractivity contribution in [2.24, 2.45) is 10.2 Å². The number of ketones is 2. The highest BCUT2D eigenvalue weighted by Gasteiger charge is 2.39. The molecule has 0 unspecified atom stereocenters. The molecule has 11 nitrogen and oxygen atoms in total. The third kappa shape index (κ3) is 2.30. The van der Waals surface area contributed by atoms with Crippen molar-refractivity contribution in [3.8, 4) is 0 Å². The number of benzene rings is 1. The standard InChI is InChI=1S/C10H4N6O5S/c11-15-13-5-3-1-2-4-6(5)7(14-16-12)10(22(19,20)21)9(18)8(4)17/h1-3H,(H,19,20,21). The zero-order chi connectivity index (χ0) is 16.5. The van der Waals surface area contributed by atoms with Gasteiger partial charge in [0.15, 0.2) is 4.91 Å². The molecule has 0 aliphatic heterocycles. The predicted octanol–water partition coefficient (Wildman–Crippen LogP) is 2.26. The Morgan fingerprint density at radius 1 is 1.05 bits per heavy atom. The van der Waals surface area contributed by atoms with Crippen molar-refractivity contribution in [1.29, 1.82) is 0 Å². The Balaban J connectivity index is 3.09. The summed E-state index contributed by atoms with van der Waals surface area (Å²) in [6.07, 6.45) is 0. The first kappa shape index (κ1) is 15.2. The van der Waals surface area contributed by atoms with E-state index in [0.29, 0.717) is 0 Å². The zero-order valence-corrected chi connectivity index (χ0v) is 11.2. The van der Waals surface area contributed by atoms with Crippen molar-refractivity contribution >= 4 is 33.1 Å². The summed E-state index contributed by atoms with van der Waals surface area (Å²) in [5.41, 5.74) is 15.4. The van der Waals surface area contributed by atoms with E-state index in [0.717, 1.165) is 0 Å². The first-order chi connectivity index (χ1) is 10.3. The van der Waals surface area contributed by atoms with Gasteiger partial charge >= 0.3 is 0 Å². The normalized spacial score (nSPS) is 14.0. The summed E-state index contributed by atoms with van der Waals surface area (Å²) < 4.78 is 31.8. The van der Waals surface area contributed by atoms with E-state index in [4.69, 9.17) is 15.6 Å². The van der Waals surface area contributed by atoms with Crippen molar-refractivity contribution in [2.45, 2.75) is 0 Å². The van der Waals surface area contributed by atoms with Gasteiger partial charge in [-0.15, -0.1) is 0 Å². The van der Waals surface area contributed by atoms with Crippen LogP contribution in [0.25, 0.3) is 26.6 Å². The molecular weight excluding hydrogens is 316 g/mol. The van der Waals surface area contributed by atoms with Crippen LogP contribution in [0.5, 0.6) is 0 Å². The predicted molar refractivity (Wildman–Crippen MR) is 72.2 cm³/mol. The maximum atomic E-state index is 12.0. The van der Waals surface area contributed by atoms with Crippen LogP contribution in [0.3, 0.4) is 0 Å². The number of azide groups is 2. The van der Waals surface area contributed by atoms with E-state index in [-0.39, 0.29) is 16.8 Å². The zero-order valence-electron chi connectivity index (χ0n) is 10.4. The molecule has 1 aliphatic carbocycles. The van der Waals surface area contributed by atoms with Crippen LogP contribution in [-0.4, -0.2) is 24.5 Å². The SMILES string of the molecule is [N-]=[N+]=NC1=C(S(=O)(=O)O)C(=O)C(=O)c2cccc(N=[N+]=[N-])c21. The molecule has 0 aromatic heterocycles. The number of fused-ring (bicyclic) bond motifs is 1. The molecule has 22 heavy (non-hydrogen) atoms. The lowest BCUT2D eigenvalue weighted by Crippen LogP contribution is -2.27. The molecule has 12 heteroatoms. The van der Waals surface area contributed by atoms with Crippen LogP contribution in [0.1, 0.15) is 15.9 Å². The van der Waals surface area contributed by atoms with Crippen LogP contribution in [0.4, 0.5) is 5.69 Å². The Labute approximate surface area is 121 Å². The number of allylic oxidation sites excluding steroid dienone is 1. The molecule has 0 saturated carbocycles. The molecule has 2 rings (SSSR count). The molecule has 0 bridgehead atoms. The lowest BCUT2D eigenvalue weighted by Gasteiger charge is -2.18. The van der Waals surface area contributed by atoms with Gasteiger partial charge in [0.2, 0.25) is 11.6 Å². The van der Waals surface area contributed by atoms with Crippen molar-refractivity contribution in [1.82, 2.24) is 0 Å². The second-order valence-electron chi connectivity index (χ2n) is 3.89. The molecule has 0 amide bonds. The summed E-state index contributed by atoms with van der Waals surface area (Å²) in [6.45, 7) is 0. The number of rotatable bonds is 3. The number of nitrogens with zero attached hydrogens (tertiary/aromatic N) is 6. The second kappa shape index (κ2) is 5.31. The molecule has 1 aromatic rings. The van der Waals surface area contributed by atoms with Gasteiger partial charge in [0.25, 0.3) is 10.1 Å². The highest BCUT2D eigenvalue weighted by atomic mass is 32.2. The average molecular weight is 320 g/mol. The number of carbonyl (C=O) groups is 2. The Morgan fingerprint density at radius 2 is 1.68 bits per heavy atom. The van der Waals surface area contributed by atoms with Crippen molar-refractivity contribution in [2.75, 3.05) is 0 Å². The molecule has 1 aromatic carbocycles. The van der Waals surface area contributed by atoms with Crippen LogP contribution in [-0.2, 0) is 14.9 Å². The van der Waals surface area contributed by atoms with Gasteiger partial charge in [-0.25, -0.2) is 0 Å². The number of hydrogen-bond acceptors (Lipinski definition) is 6. The third-order valence-corrected chi connectivity index (χ3v) is 3.60. The molecule has 110 valence electrons.